The maximum atomic E-state index is 12.8. The van der Waals surface area contributed by atoms with Gasteiger partial charge in [-0.1, -0.05) is 11.2 Å². The predicted octanol–water partition coefficient (Wildman–Crippen LogP) is 2.99. The topological polar surface area (TPSA) is 77.1 Å². The molecule has 126 valence electrons. The molecule has 0 atom stereocenters. The third-order valence-electron chi connectivity index (χ3n) is 4.65. The lowest BCUT2D eigenvalue weighted by molar-refractivity contribution is 0.0787. The molecule has 0 unspecified atom stereocenters. The van der Waals surface area contributed by atoms with Gasteiger partial charge in [-0.2, -0.15) is 4.98 Å². The van der Waals surface area contributed by atoms with Crippen molar-refractivity contribution in [1.82, 2.24) is 24.6 Å². The molecule has 1 aromatic carbocycles. The van der Waals surface area contributed by atoms with Gasteiger partial charge >= 0.3 is 0 Å². The van der Waals surface area contributed by atoms with E-state index in [0.717, 1.165) is 27.8 Å². The van der Waals surface area contributed by atoms with Crippen LogP contribution in [0.3, 0.4) is 0 Å². The van der Waals surface area contributed by atoms with Crippen molar-refractivity contribution in [1.29, 1.82) is 0 Å². The van der Waals surface area contributed by atoms with Crippen LogP contribution in [-0.2, 0) is 6.54 Å². The first-order valence-corrected chi connectivity index (χ1v) is 9.16. The number of hydrogen-bond acceptors (Lipinski definition) is 5. The fraction of sp³-hybridized carbons (Fsp3) is 0.294. The van der Waals surface area contributed by atoms with Crippen LogP contribution in [-0.4, -0.2) is 37.5 Å². The van der Waals surface area contributed by atoms with Crippen molar-refractivity contribution in [3.63, 3.8) is 0 Å². The maximum absolute atomic E-state index is 12.8. The number of aromatic nitrogens is 4. The first-order chi connectivity index (χ1) is 12.1. The minimum Gasteiger partial charge on any atom is -0.339 e. The van der Waals surface area contributed by atoms with Gasteiger partial charge in [-0.15, -0.1) is 0 Å². The predicted molar refractivity (Wildman–Crippen MR) is 97.3 cm³/mol. The molecule has 3 heterocycles. The number of carbonyl (C=O) groups is 1. The Hall–Kier alpha value is -2.23. The fourth-order valence-electron chi connectivity index (χ4n) is 3.16. The van der Waals surface area contributed by atoms with Crippen LogP contribution in [0.5, 0.6) is 0 Å². The van der Waals surface area contributed by atoms with Gasteiger partial charge in [0.1, 0.15) is 12.0 Å². The lowest BCUT2D eigenvalue weighted by Crippen LogP contribution is -2.25. The molecule has 7 nitrogen and oxygen atoms in total. The maximum Gasteiger partial charge on any atom is 0.257 e. The van der Waals surface area contributed by atoms with Crippen molar-refractivity contribution >= 4 is 28.5 Å². The number of fused-ring (bicyclic) bond motifs is 3. The van der Waals surface area contributed by atoms with E-state index >= 15 is 0 Å². The van der Waals surface area contributed by atoms with Gasteiger partial charge in [0.05, 0.1) is 23.5 Å². The molecule has 2 aliphatic rings. The van der Waals surface area contributed by atoms with Crippen molar-refractivity contribution in [2.24, 2.45) is 0 Å². The average Bonchev–Trinajstić information content (AvgIpc) is 3.22. The second-order valence-corrected chi connectivity index (χ2v) is 7.60. The van der Waals surface area contributed by atoms with Gasteiger partial charge in [0.2, 0.25) is 11.7 Å². The Kier molecular flexibility index (Phi) is 3.24. The molecule has 3 aromatic rings. The summed E-state index contributed by atoms with van der Waals surface area (Å²) in [5, 5.41) is 4.11. The van der Waals surface area contributed by atoms with E-state index < -0.39 is 0 Å². The number of rotatable bonds is 2. The number of halogens is 1. The van der Waals surface area contributed by atoms with Gasteiger partial charge in [0, 0.05) is 16.5 Å². The van der Waals surface area contributed by atoms with Gasteiger partial charge in [-0.25, -0.2) is 4.98 Å². The molecule has 0 saturated heterocycles. The summed E-state index contributed by atoms with van der Waals surface area (Å²) >= 11 is 2.20. The summed E-state index contributed by atoms with van der Waals surface area (Å²) in [7, 11) is 1.80. The number of amides is 1. The number of hydrogen-bond donors (Lipinski definition) is 0. The summed E-state index contributed by atoms with van der Waals surface area (Å²) in [6.45, 7) is 0.437. The minimum absolute atomic E-state index is 0.00133. The highest BCUT2D eigenvalue weighted by atomic mass is 125. The molecule has 8 heteroatoms. The van der Waals surface area contributed by atoms with E-state index in [1.54, 1.807) is 18.3 Å². The van der Waals surface area contributed by atoms with Crippen LogP contribution < -0.4 is 0 Å². The van der Waals surface area contributed by atoms with Crippen LogP contribution >= 0.6 is 22.6 Å². The van der Waals surface area contributed by atoms with Gasteiger partial charge in [0.15, 0.2) is 0 Å². The molecule has 1 fully saturated rings. The molecule has 2 aromatic heterocycles. The van der Waals surface area contributed by atoms with Gasteiger partial charge in [-0.3, -0.25) is 9.36 Å². The summed E-state index contributed by atoms with van der Waals surface area (Å²) < 4.78 is 8.26. The SMILES string of the molecule is CN1Cc2c(-c3noc(C4CC4)n3)ncn2-c2cccc([125I])c2C1=O. The Bertz CT molecular complexity index is 1000. The summed E-state index contributed by atoms with van der Waals surface area (Å²) in [5.74, 6) is 1.57. The average molecular weight is 445 g/mol. The number of carbonyl (C=O) groups excluding carboxylic acids is 1. The van der Waals surface area contributed by atoms with Gasteiger partial charge in [0.25, 0.3) is 5.91 Å². The van der Waals surface area contributed by atoms with E-state index in [1.165, 1.54) is 0 Å². The molecule has 5 rings (SSSR count). The summed E-state index contributed by atoms with van der Waals surface area (Å²) in [4.78, 5) is 23.6. The van der Waals surface area contributed by atoms with Crippen LogP contribution in [0, 0.1) is 3.57 Å². The highest BCUT2D eigenvalue weighted by Gasteiger charge is 2.32. The molecule has 25 heavy (non-hydrogen) atoms. The Morgan fingerprint density at radius 3 is 2.96 bits per heavy atom. The van der Waals surface area contributed by atoms with Crippen LogP contribution in [0.2, 0.25) is 0 Å². The second-order valence-electron chi connectivity index (χ2n) is 6.44. The van der Waals surface area contributed by atoms with Crippen molar-refractivity contribution in [2.45, 2.75) is 25.3 Å². The zero-order valence-electron chi connectivity index (χ0n) is 13.4. The Balaban J connectivity index is 1.69. The van der Waals surface area contributed by atoms with E-state index in [0.29, 0.717) is 35.4 Å². The van der Waals surface area contributed by atoms with Crippen molar-refractivity contribution in [3.05, 3.63) is 45.2 Å². The first-order valence-electron chi connectivity index (χ1n) is 8.08. The summed E-state index contributed by atoms with van der Waals surface area (Å²) in [6.07, 6.45) is 3.94. The third-order valence-corrected chi connectivity index (χ3v) is 5.54. The van der Waals surface area contributed by atoms with Crippen molar-refractivity contribution in [3.8, 4) is 17.2 Å². The van der Waals surface area contributed by atoms with Crippen molar-refractivity contribution < 1.29 is 9.32 Å². The minimum atomic E-state index is 0.00133. The largest absolute Gasteiger partial charge is 0.339 e. The van der Waals surface area contributed by atoms with Gasteiger partial charge < -0.3 is 9.42 Å². The molecular formula is C17H14IN5O2. The fourth-order valence-corrected chi connectivity index (χ4v) is 3.87. The number of imidazole rings is 1. The van der Waals surface area contributed by atoms with E-state index in [2.05, 4.69) is 37.7 Å². The van der Waals surface area contributed by atoms with E-state index in [-0.39, 0.29) is 5.91 Å². The van der Waals surface area contributed by atoms with Gasteiger partial charge in [-0.05, 0) is 47.6 Å². The van der Waals surface area contributed by atoms with E-state index in [4.69, 9.17) is 4.52 Å². The molecule has 1 aliphatic carbocycles. The van der Waals surface area contributed by atoms with Crippen molar-refractivity contribution in [2.75, 3.05) is 7.05 Å². The summed E-state index contributed by atoms with van der Waals surface area (Å²) in [6, 6.07) is 5.83. The molecule has 0 spiro atoms. The zero-order valence-corrected chi connectivity index (χ0v) is 15.6. The van der Waals surface area contributed by atoms with Crippen LogP contribution in [0.15, 0.2) is 29.0 Å². The molecule has 0 radical (unpaired) electrons. The Morgan fingerprint density at radius 2 is 2.16 bits per heavy atom. The van der Waals surface area contributed by atoms with Crippen LogP contribution in [0.1, 0.15) is 40.7 Å². The lowest BCUT2D eigenvalue weighted by Gasteiger charge is -2.15. The van der Waals surface area contributed by atoms with E-state index in [9.17, 15) is 4.79 Å². The molecule has 1 saturated carbocycles. The second kappa shape index (κ2) is 5.38. The van der Waals surface area contributed by atoms with Crippen LogP contribution in [0.4, 0.5) is 0 Å². The van der Waals surface area contributed by atoms with Crippen LogP contribution in [0.25, 0.3) is 17.2 Å². The zero-order chi connectivity index (χ0) is 17.1. The first kappa shape index (κ1) is 15.1. The summed E-state index contributed by atoms with van der Waals surface area (Å²) in [5.41, 5.74) is 3.09. The molecule has 0 bridgehead atoms. The Morgan fingerprint density at radius 1 is 1.32 bits per heavy atom. The lowest BCUT2D eigenvalue weighted by atomic mass is 10.1. The highest BCUT2D eigenvalue weighted by Crippen LogP contribution is 2.40. The van der Waals surface area contributed by atoms with E-state index in [1.807, 2.05) is 22.8 Å². The third kappa shape index (κ3) is 2.30. The molecular weight excluding hydrogens is 431 g/mol. The smallest absolute Gasteiger partial charge is 0.257 e. The molecule has 1 amide bonds. The monoisotopic (exact) mass is 445 g/mol. The number of nitrogens with zero attached hydrogens (tertiary/aromatic N) is 5. The Labute approximate surface area is 157 Å². The number of benzene rings is 1. The molecule has 1 aliphatic heterocycles. The quantitative estimate of drug-likeness (QED) is 0.567. The highest BCUT2D eigenvalue weighted by molar-refractivity contribution is 14.1. The standard InChI is InChI=1S/C17H14IN5O2/c1-22-7-12-14(15-20-16(25-21-15)9-5-6-9)19-8-23(12)11-4-2-3-10(18)13(11)17(22)24/h2-4,8-9H,5-7H2,1H3/i18-2. The normalized spacial score (nSPS) is 16.6. The molecule has 0 N–H and O–H groups in total.